The van der Waals surface area contributed by atoms with Gasteiger partial charge in [0.15, 0.2) is 15.6 Å². The number of furan rings is 1. The topological polar surface area (TPSA) is 87.8 Å². The predicted octanol–water partition coefficient (Wildman–Crippen LogP) is 2.10. The van der Waals surface area contributed by atoms with Crippen LogP contribution in [0.25, 0.3) is 0 Å². The van der Waals surface area contributed by atoms with Gasteiger partial charge in [-0.25, -0.2) is 8.42 Å². The molecule has 26 heavy (non-hydrogen) atoms. The molecule has 2 aliphatic rings. The van der Waals surface area contributed by atoms with Crippen LogP contribution in [0.15, 0.2) is 51.8 Å². The van der Waals surface area contributed by atoms with Crippen molar-refractivity contribution >= 4 is 15.7 Å². The molecule has 1 amide bonds. The third kappa shape index (κ3) is 3.17. The lowest BCUT2D eigenvalue weighted by Crippen LogP contribution is -2.30. The van der Waals surface area contributed by atoms with E-state index in [1.807, 2.05) is 0 Å². The number of fused-ring (bicyclic) bond motifs is 1. The van der Waals surface area contributed by atoms with Crippen molar-refractivity contribution in [2.45, 2.75) is 29.6 Å². The molecule has 4 rings (SSSR count). The van der Waals surface area contributed by atoms with Crippen LogP contribution in [0.5, 0.6) is 0 Å². The van der Waals surface area contributed by atoms with Gasteiger partial charge in [-0.1, -0.05) is 18.2 Å². The quantitative estimate of drug-likeness (QED) is 0.884. The Balaban J connectivity index is 1.46. The van der Waals surface area contributed by atoms with Gasteiger partial charge >= 0.3 is 0 Å². The molecule has 1 aliphatic heterocycles. The van der Waals surface area contributed by atoms with E-state index in [1.54, 1.807) is 41.3 Å². The molecule has 138 valence electrons. The molecule has 0 bridgehead atoms. The van der Waals surface area contributed by atoms with Crippen LogP contribution in [0.2, 0.25) is 0 Å². The lowest BCUT2D eigenvalue weighted by atomic mass is 10.00. The summed E-state index contributed by atoms with van der Waals surface area (Å²) in [5, 5.41) is 9.98. The molecule has 2 aromatic rings. The highest BCUT2D eigenvalue weighted by molar-refractivity contribution is 7.90. The molecule has 1 aromatic carbocycles. The number of rotatable bonds is 4. The molecule has 2 fully saturated rings. The minimum atomic E-state index is -3.52. The number of nitrogens with zero attached hydrogens (tertiary/aromatic N) is 1. The van der Waals surface area contributed by atoms with Gasteiger partial charge in [0.05, 0.1) is 11.0 Å². The van der Waals surface area contributed by atoms with E-state index >= 15 is 0 Å². The molecular formula is C19H21NO5S. The van der Waals surface area contributed by atoms with Gasteiger partial charge in [-0.2, -0.15) is 0 Å². The average molecular weight is 375 g/mol. The average Bonchev–Trinajstić information content (AvgIpc) is 3.33. The van der Waals surface area contributed by atoms with Crippen molar-refractivity contribution in [3.63, 3.8) is 0 Å². The lowest BCUT2D eigenvalue weighted by Gasteiger charge is -2.17. The molecule has 6 nitrogen and oxygen atoms in total. The van der Waals surface area contributed by atoms with E-state index in [-0.39, 0.29) is 40.1 Å². The second-order valence-electron chi connectivity index (χ2n) is 7.12. The Morgan fingerprint density at radius 1 is 1.12 bits per heavy atom. The minimum Gasteiger partial charge on any atom is -0.455 e. The Kier molecular flexibility index (Phi) is 4.36. The van der Waals surface area contributed by atoms with Crippen molar-refractivity contribution in [1.29, 1.82) is 0 Å². The fourth-order valence-electron chi connectivity index (χ4n) is 4.03. The second kappa shape index (κ2) is 6.55. The summed E-state index contributed by atoms with van der Waals surface area (Å²) >= 11 is 0. The highest BCUT2D eigenvalue weighted by Crippen LogP contribution is 2.38. The number of carbonyl (C=O) groups is 1. The first-order valence-electron chi connectivity index (χ1n) is 8.78. The maximum Gasteiger partial charge on any atom is 0.289 e. The van der Waals surface area contributed by atoms with Crippen LogP contribution in [-0.4, -0.2) is 43.5 Å². The number of aliphatic hydroxyl groups is 1. The number of aliphatic hydroxyl groups excluding tert-OH is 1. The van der Waals surface area contributed by atoms with Gasteiger partial charge in [0, 0.05) is 19.0 Å². The number of benzene rings is 1. The van der Waals surface area contributed by atoms with Crippen molar-refractivity contribution in [3.05, 3.63) is 54.0 Å². The number of hydrogen-bond donors (Lipinski definition) is 1. The molecule has 0 spiro atoms. The van der Waals surface area contributed by atoms with Gasteiger partial charge in [-0.3, -0.25) is 4.79 Å². The highest BCUT2D eigenvalue weighted by Gasteiger charge is 2.43. The summed E-state index contributed by atoms with van der Waals surface area (Å²) < 4.78 is 30.4. The van der Waals surface area contributed by atoms with Crippen molar-refractivity contribution in [1.82, 2.24) is 4.90 Å². The molecule has 0 radical (unpaired) electrons. The zero-order chi connectivity index (χ0) is 18.3. The summed E-state index contributed by atoms with van der Waals surface area (Å²) in [6.45, 7) is 1.15. The molecular weight excluding hydrogens is 354 g/mol. The Bertz CT molecular complexity index is 905. The van der Waals surface area contributed by atoms with E-state index in [0.29, 0.717) is 19.0 Å². The summed E-state index contributed by atoms with van der Waals surface area (Å²) in [6, 6.07) is 11.2. The molecule has 1 aliphatic carbocycles. The molecule has 7 heteroatoms. The standard InChI is InChI=1S/C19H21NO5S/c21-17-8-6-13-10-20(11-16(13)17)19(22)18-9-7-14(25-18)12-26(23,24)15-4-2-1-3-5-15/h1-5,7,9,13,16-17,21H,6,8,10-12H2/t13-,16-,17-/m0/s1. The third-order valence-corrected chi connectivity index (χ3v) is 7.07. The van der Waals surface area contributed by atoms with Crippen LogP contribution in [0, 0.1) is 11.8 Å². The third-order valence-electron chi connectivity index (χ3n) is 5.41. The Hall–Kier alpha value is -2.12. The van der Waals surface area contributed by atoms with Gasteiger partial charge in [0.25, 0.3) is 5.91 Å². The number of carbonyl (C=O) groups excluding carboxylic acids is 1. The fourth-order valence-corrected chi connectivity index (χ4v) is 5.30. The van der Waals surface area contributed by atoms with E-state index in [9.17, 15) is 18.3 Å². The number of sulfone groups is 1. The summed E-state index contributed by atoms with van der Waals surface area (Å²) in [5.41, 5.74) is 0. The monoisotopic (exact) mass is 375 g/mol. The molecule has 1 aromatic heterocycles. The van der Waals surface area contributed by atoms with Gasteiger partial charge in [0.1, 0.15) is 11.5 Å². The lowest BCUT2D eigenvalue weighted by molar-refractivity contribution is 0.0720. The van der Waals surface area contributed by atoms with Crippen LogP contribution < -0.4 is 0 Å². The molecule has 1 saturated heterocycles. The second-order valence-corrected chi connectivity index (χ2v) is 9.11. The van der Waals surface area contributed by atoms with Gasteiger partial charge in [0.2, 0.25) is 0 Å². The maximum atomic E-state index is 12.6. The number of likely N-dealkylation sites (tertiary alicyclic amines) is 1. The maximum absolute atomic E-state index is 12.6. The Labute approximate surface area is 152 Å². The summed E-state index contributed by atoms with van der Waals surface area (Å²) in [6.07, 6.45) is 1.41. The van der Waals surface area contributed by atoms with Gasteiger partial charge in [-0.05, 0) is 43.0 Å². The van der Waals surface area contributed by atoms with E-state index in [2.05, 4.69) is 0 Å². The first-order chi connectivity index (χ1) is 12.4. The van der Waals surface area contributed by atoms with E-state index in [1.165, 1.54) is 6.07 Å². The zero-order valence-electron chi connectivity index (χ0n) is 14.2. The summed E-state index contributed by atoms with van der Waals surface area (Å²) in [5.74, 6) is 0.367. The molecule has 2 heterocycles. The van der Waals surface area contributed by atoms with E-state index in [0.717, 1.165) is 12.8 Å². The minimum absolute atomic E-state index is 0.145. The van der Waals surface area contributed by atoms with Crippen molar-refractivity contribution < 1.29 is 22.7 Å². The van der Waals surface area contributed by atoms with E-state index in [4.69, 9.17) is 4.42 Å². The first-order valence-corrected chi connectivity index (χ1v) is 10.4. The summed E-state index contributed by atoms with van der Waals surface area (Å²) in [7, 11) is -3.52. The van der Waals surface area contributed by atoms with Crippen molar-refractivity contribution in [3.8, 4) is 0 Å². The van der Waals surface area contributed by atoms with Gasteiger partial charge in [-0.15, -0.1) is 0 Å². The van der Waals surface area contributed by atoms with Crippen LogP contribution in [0.3, 0.4) is 0 Å². The normalized spacial score (nSPS) is 25.4. The van der Waals surface area contributed by atoms with Crippen LogP contribution in [0.1, 0.15) is 29.2 Å². The highest BCUT2D eigenvalue weighted by atomic mass is 32.2. The smallest absolute Gasteiger partial charge is 0.289 e. The number of hydrogen-bond acceptors (Lipinski definition) is 5. The number of amides is 1. The van der Waals surface area contributed by atoms with Crippen LogP contribution in [0.4, 0.5) is 0 Å². The Morgan fingerprint density at radius 3 is 2.62 bits per heavy atom. The SMILES string of the molecule is O=C(c1ccc(CS(=O)(=O)c2ccccc2)o1)N1C[C@@H]2CC[C@H](O)[C@H]2C1. The summed E-state index contributed by atoms with van der Waals surface area (Å²) in [4.78, 5) is 14.6. The Morgan fingerprint density at radius 2 is 1.88 bits per heavy atom. The molecule has 1 N–H and O–H groups in total. The van der Waals surface area contributed by atoms with Crippen molar-refractivity contribution in [2.75, 3.05) is 13.1 Å². The largest absolute Gasteiger partial charge is 0.455 e. The van der Waals surface area contributed by atoms with Gasteiger partial charge < -0.3 is 14.4 Å². The molecule has 1 saturated carbocycles. The van der Waals surface area contributed by atoms with Crippen LogP contribution >= 0.6 is 0 Å². The first kappa shape index (κ1) is 17.3. The predicted molar refractivity (Wildman–Crippen MR) is 94.2 cm³/mol. The zero-order valence-corrected chi connectivity index (χ0v) is 15.1. The van der Waals surface area contributed by atoms with Crippen molar-refractivity contribution in [2.24, 2.45) is 11.8 Å². The fraction of sp³-hybridized carbons (Fsp3) is 0.421. The van der Waals surface area contributed by atoms with Crippen LogP contribution in [-0.2, 0) is 15.6 Å². The molecule has 3 atom stereocenters. The molecule has 0 unspecified atom stereocenters. The van der Waals surface area contributed by atoms with E-state index < -0.39 is 9.84 Å².